The van der Waals surface area contributed by atoms with Crippen LogP contribution in [0.1, 0.15) is 42.1 Å². The first-order valence-electron chi connectivity index (χ1n) is 8.66. The quantitative estimate of drug-likeness (QED) is 0.607. The van der Waals surface area contributed by atoms with Crippen LogP contribution in [0.5, 0.6) is 5.75 Å². The number of rotatable bonds is 7. The Labute approximate surface area is 152 Å². The highest BCUT2D eigenvalue weighted by Gasteiger charge is 2.12. The predicted octanol–water partition coefficient (Wildman–Crippen LogP) is 3.75. The Morgan fingerprint density at radius 3 is 2.65 bits per heavy atom. The molecule has 0 saturated carbocycles. The molecule has 3 aromatic rings. The molecule has 6 nitrogen and oxygen atoms in total. The van der Waals surface area contributed by atoms with Crippen LogP contribution in [0.4, 0.5) is 0 Å². The third-order valence-corrected chi connectivity index (χ3v) is 4.48. The van der Waals surface area contributed by atoms with Gasteiger partial charge in [0.1, 0.15) is 12.3 Å². The van der Waals surface area contributed by atoms with Gasteiger partial charge in [-0.05, 0) is 35.2 Å². The summed E-state index contributed by atoms with van der Waals surface area (Å²) < 4.78 is 5.20. The van der Waals surface area contributed by atoms with Crippen LogP contribution in [0.25, 0.3) is 11.4 Å². The van der Waals surface area contributed by atoms with Crippen molar-refractivity contribution in [3.05, 3.63) is 59.7 Å². The van der Waals surface area contributed by atoms with Crippen LogP contribution in [0, 0.1) is 0 Å². The lowest BCUT2D eigenvalue weighted by Crippen LogP contribution is -2.13. The molecule has 0 aliphatic rings. The average molecular weight is 350 g/mol. The van der Waals surface area contributed by atoms with Gasteiger partial charge >= 0.3 is 0 Å². The second kappa shape index (κ2) is 7.91. The lowest BCUT2D eigenvalue weighted by atomic mass is 9.97. The third kappa shape index (κ3) is 3.96. The minimum atomic E-state index is -0.0460. The van der Waals surface area contributed by atoms with Gasteiger partial charge in [-0.2, -0.15) is 4.80 Å². The molecule has 0 N–H and O–H groups in total. The Bertz CT molecular complexity index is 887. The van der Waals surface area contributed by atoms with Gasteiger partial charge in [0.15, 0.2) is 5.78 Å². The number of methoxy groups -OCH3 is 1. The van der Waals surface area contributed by atoms with Gasteiger partial charge in [0.05, 0.1) is 7.11 Å². The first kappa shape index (κ1) is 17.8. The fraction of sp³-hybridized carbons (Fsp3) is 0.300. The maximum Gasteiger partial charge on any atom is 0.205 e. The smallest absolute Gasteiger partial charge is 0.205 e. The molecule has 0 amide bonds. The lowest BCUT2D eigenvalue weighted by molar-refractivity contribution is 0.0961. The maximum absolute atomic E-state index is 12.5. The van der Waals surface area contributed by atoms with E-state index in [9.17, 15) is 4.79 Å². The van der Waals surface area contributed by atoms with Gasteiger partial charge in [0.25, 0.3) is 0 Å². The van der Waals surface area contributed by atoms with E-state index in [1.807, 2.05) is 48.5 Å². The van der Waals surface area contributed by atoms with Gasteiger partial charge in [-0.3, -0.25) is 4.79 Å². The van der Waals surface area contributed by atoms with E-state index in [4.69, 9.17) is 4.74 Å². The summed E-state index contributed by atoms with van der Waals surface area (Å²) in [6.07, 6.45) is 1.07. The van der Waals surface area contributed by atoms with E-state index in [0.29, 0.717) is 17.3 Å². The second-order valence-corrected chi connectivity index (χ2v) is 6.23. The monoisotopic (exact) mass is 350 g/mol. The summed E-state index contributed by atoms with van der Waals surface area (Å²) in [6, 6.07) is 15.2. The van der Waals surface area contributed by atoms with Crippen molar-refractivity contribution in [2.24, 2.45) is 0 Å². The van der Waals surface area contributed by atoms with Crippen molar-refractivity contribution in [3.63, 3.8) is 0 Å². The van der Waals surface area contributed by atoms with Crippen LogP contribution in [0.2, 0.25) is 0 Å². The van der Waals surface area contributed by atoms with Crippen LogP contribution < -0.4 is 4.74 Å². The Balaban J connectivity index is 1.71. The molecule has 0 fully saturated rings. The van der Waals surface area contributed by atoms with Crippen LogP contribution in [0.15, 0.2) is 48.5 Å². The molecule has 0 radical (unpaired) electrons. The SMILES string of the molecule is CC[C@H](C)c1ccc(C(=O)Cn2nnc(-c3cccc(OC)c3)n2)cc1. The van der Waals surface area contributed by atoms with E-state index >= 15 is 0 Å². The Kier molecular flexibility index (Phi) is 5.41. The number of Topliss-reactive ketones (excluding diaryl/α,β-unsaturated/α-hetero) is 1. The summed E-state index contributed by atoms with van der Waals surface area (Å²) in [5.74, 6) is 1.62. The van der Waals surface area contributed by atoms with E-state index in [0.717, 1.165) is 17.7 Å². The minimum Gasteiger partial charge on any atom is -0.497 e. The van der Waals surface area contributed by atoms with Gasteiger partial charge in [-0.25, -0.2) is 0 Å². The maximum atomic E-state index is 12.5. The van der Waals surface area contributed by atoms with Crippen molar-refractivity contribution < 1.29 is 9.53 Å². The predicted molar refractivity (Wildman–Crippen MR) is 99.3 cm³/mol. The average Bonchev–Trinajstić information content (AvgIpc) is 3.16. The molecule has 134 valence electrons. The summed E-state index contributed by atoms with van der Waals surface area (Å²) in [6.45, 7) is 4.38. The number of tetrazole rings is 1. The first-order chi connectivity index (χ1) is 12.6. The number of aromatic nitrogens is 4. The molecule has 0 saturated heterocycles. The zero-order valence-electron chi connectivity index (χ0n) is 15.2. The number of hydrogen-bond acceptors (Lipinski definition) is 5. The number of carbonyl (C=O) groups excluding carboxylic acids is 1. The standard InChI is InChI=1S/C20H22N4O2/c1-4-14(2)15-8-10-16(11-9-15)19(25)13-24-22-20(21-23-24)17-6-5-7-18(12-17)26-3/h5-12,14H,4,13H2,1-3H3/t14-/m0/s1. The first-order valence-corrected chi connectivity index (χ1v) is 8.66. The van der Waals surface area contributed by atoms with Crippen LogP contribution in [-0.4, -0.2) is 33.1 Å². The molecule has 1 heterocycles. The van der Waals surface area contributed by atoms with Crippen LogP contribution >= 0.6 is 0 Å². The van der Waals surface area contributed by atoms with E-state index in [-0.39, 0.29) is 12.3 Å². The fourth-order valence-electron chi connectivity index (χ4n) is 2.64. The van der Waals surface area contributed by atoms with Gasteiger partial charge in [-0.1, -0.05) is 50.2 Å². The highest BCUT2D eigenvalue weighted by atomic mass is 16.5. The van der Waals surface area contributed by atoms with Crippen LogP contribution in [-0.2, 0) is 6.54 Å². The highest BCUT2D eigenvalue weighted by Crippen LogP contribution is 2.20. The van der Waals surface area contributed by atoms with E-state index in [1.54, 1.807) is 7.11 Å². The highest BCUT2D eigenvalue weighted by molar-refractivity contribution is 5.95. The molecule has 26 heavy (non-hydrogen) atoms. The molecular weight excluding hydrogens is 328 g/mol. The van der Waals surface area contributed by atoms with Crippen molar-refractivity contribution in [1.82, 2.24) is 20.2 Å². The summed E-state index contributed by atoms with van der Waals surface area (Å²) in [5, 5.41) is 12.3. The molecule has 2 aromatic carbocycles. The molecule has 1 atom stereocenters. The molecule has 0 aliphatic heterocycles. The van der Waals surface area contributed by atoms with Crippen molar-refractivity contribution in [2.75, 3.05) is 7.11 Å². The molecular formula is C20H22N4O2. The largest absolute Gasteiger partial charge is 0.497 e. The Morgan fingerprint density at radius 1 is 1.19 bits per heavy atom. The zero-order chi connectivity index (χ0) is 18.5. The van der Waals surface area contributed by atoms with Gasteiger partial charge in [0, 0.05) is 11.1 Å². The van der Waals surface area contributed by atoms with Crippen molar-refractivity contribution in [2.45, 2.75) is 32.7 Å². The number of carbonyl (C=O) groups is 1. The molecule has 0 bridgehead atoms. The lowest BCUT2D eigenvalue weighted by Gasteiger charge is -2.09. The van der Waals surface area contributed by atoms with Gasteiger partial charge in [0.2, 0.25) is 5.82 Å². The van der Waals surface area contributed by atoms with E-state index in [2.05, 4.69) is 29.3 Å². The number of ether oxygens (including phenoxy) is 1. The normalized spacial score (nSPS) is 12.0. The fourth-order valence-corrected chi connectivity index (χ4v) is 2.64. The number of nitrogens with zero attached hydrogens (tertiary/aromatic N) is 4. The van der Waals surface area contributed by atoms with Gasteiger partial charge < -0.3 is 4.74 Å². The van der Waals surface area contributed by atoms with Crippen LogP contribution in [0.3, 0.4) is 0 Å². The molecule has 0 aliphatic carbocycles. The van der Waals surface area contributed by atoms with E-state index in [1.165, 1.54) is 10.4 Å². The minimum absolute atomic E-state index is 0.0460. The molecule has 0 unspecified atom stereocenters. The van der Waals surface area contributed by atoms with E-state index < -0.39 is 0 Å². The van der Waals surface area contributed by atoms with Crippen molar-refractivity contribution >= 4 is 5.78 Å². The topological polar surface area (TPSA) is 69.9 Å². The summed E-state index contributed by atoms with van der Waals surface area (Å²) in [7, 11) is 1.61. The third-order valence-electron chi connectivity index (χ3n) is 4.48. The summed E-state index contributed by atoms with van der Waals surface area (Å²) in [5.41, 5.74) is 2.68. The number of benzene rings is 2. The van der Waals surface area contributed by atoms with Crippen molar-refractivity contribution in [1.29, 1.82) is 0 Å². The summed E-state index contributed by atoms with van der Waals surface area (Å²) >= 11 is 0. The Hall–Kier alpha value is -3.02. The number of hydrogen-bond donors (Lipinski definition) is 0. The van der Waals surface area contributed by atoms with Crippen molar-refractivity contribution in [3.8, 4) is 17.1 Å². The Morgan fingerprint density at radius 2 is 1.96 bits per heavy atom. The molecule has 0 spiro atoms. The molecule has 6 heteroatoms. The number of ketones is 1. The second-order valence-electron chi connectivity index (χ2n) is 6.23. The molecule has 1 aromatic heterocycles. The van der Waals surface area contributed by atoms with Gasteiger partial charge in [-0.15, -0.1) is 10.2 Å². The zero-order valence-corrected chi connectivity index (χ0v) is 15.2. The molecule has 3 rings (SSSR count). The summed E-state index contributed by atoms with van der Waals surface area (Å²) in [4.78, 5) is 13.8.